The number of ketones is 1. The average molecular weight is 391 g/mol. The SMILES string of the molecule is CCCOc1ccc(NC(=O)CCC(=O)c2ccc(Cl)cc2)c([N+](=O)[O-])c1. The molecule has 8 heteroatoms. The lowest BCUT2D eigenvalue weighted by Crippen LogP contribution is -2.14. The fourth-order valence-electron chi connectivity index (χ4n) is 2.30. The third-order valence-electron chi connectivity index (χ3n) is 3.66. The van der Waals surface area contributed by atoms with Crippen molar-refractivity contribution in [3.63, 3.8) is 0 Å². The van der Waals surface area contributed by atoms with E-state index in [4.69, 9.17) is 16.3 Å². The molecule has 0 unspecified atom stereocenters. The van der Waals surface area contributed by atoms with E-state index in [1.54, 1.807) is 30.3 Å². The Kier molecular flexibility index (Phi) is 7.31. The van der Waals surface area contributed by atoms with Crippen molar-refractivity contribution in [3.8, 4) is 5.75 Å². The second-order valence-electron chi connectivity index (χ2n) is 5.76. The molecular weight excluding hydrogens is 372 g/mol. The van der Waals surface area contributed by atoms with Gasteiger partial charge in [0, 0.05) is 23.4 Å². The van der Waals surface area contributed by atoms with Gasteiger partial charge in [-0.25, -0.2) is 0 Å². The number of rotatable bonds is 9. The number of halogens is 1. The van der Waals surface area contributed by atoms with Crippen molar-refractivity contribution in [2.45, 2.75) is 26.2 Å². The summed E-state index contributed by atoms with van der Waals surface area (Å²) in [6, 6.07) is 10.6. The van der Waals surface area contributed by atoms with E-state index in [1.807, 2.05) is 6.92 Å². The van der Waals surface area contributed by atoms with E-state index in [9.17, 15) is 19.7 Å². The second kappa shape index (κ2) is 9.68. The lowest BCUT2D eigenvalue weighted by atomic mass is 10.1. The Balaban J connectivity index is 1.99. The molecule has 1 amide bonds. The molecule has 0 radical (unpaired) electrons. The van der Waals surface area contributed by atoms with Crippen LogP contribution in [-0.4, -0.2) is 23.2 Å². The first-order valence-electron chi connectivity index (χ1n) is 8.40. The largest absolute Gasteiger partial charge is 0.493 e. The van der Waals surface area contributed by atoms with E-state index in [0.717, 1.165) is 6.42 Å². The minimum absolute atomic E-state index is 0.0149. The van der Waals surface area contributed by atoms with E-state index >= 15 is 0 Å². The third kappa shape index (κ3) is 6.07. The van der Waals surface area contributed by atoms with Crippen LogP contribution >= 0.6 is 11.6 Å². The summed E-state index contributed by atoms with van der Waals surface area (Å²) in [5.74, 6) is -0.332. The molecule has 0 bridgehead atoms. The predicted molar refractivity (Wildman–Crippen MR) is 103 cm³/mol. The van der Waals surface area contributed by atoms with Crippen molar-refractivity contribution in [1.29, 1.82) is 0 Å². The van der Waals surface area contributed by atoms with Crippen LogP contribution in [0.4, 0.5) is 11.4 Å². The van der Waals surface area contributed by atoms with Gasteiger partial charge in [0.2, 0.25) is 5.91 Å². The maximum Gasteiger partial charge on any atom is 0.296 e. The van der Waals surface area contributed by atoms with Gasteiger partial charge in [0.05, 0.1) is 17.6 Å². The van der Waals surface area contributed by atoms with E-state index in [2.05, 4.69) is 5.32 Å². The van der Waals surface area contributed by atoms with Crippen molar-refractivity contribution >= 4 is 34.7 Å². The van der Waals surface area contributed by atoms with Gasteiger partial charge in [0.25, 0.3) is 5.69 Å². The number of carbonyl (C=O) groups excluding carboxylic acids is 2. The smallest absolute Gasteiger partial charge is 0.296 e. The van der Waals surface area contributed by atoms with Gasteiger partial charge in [-0.05, 0) is 42.8 Å². The molecule has 27 heavy (non-hydrogen) atoms. The molecule has 0 fully saturated rings. The van der Waals surface area contributed by atoms with Crippen LogP contribution in [0.15, 0.2) is 42.5 Å². The molecule has 2 rings (SSSR count). The Morgan fingerprint density at radius 3 is 2.48 bits per heavy atom. The van der Waals surface area contributed by atoms with Crippen LogP contribution in [0.3, 0.4) is 0 Å². The summed E-state index contributed by atoms with van der Waals surface area (Å²) in [7, 11) is 0. The van der Waals surface area contributed by atoms with Crippen LogP contribution in [0.1, 0.15) is 36.5 Å². The summed E-state index contributed by atoms with van der Waals surface area (Å²) in [6.45, 7) is 2.37. The normalized spacial score (nSPS) is 10.3. The Morgan fingerprint density at radius 1 is 1.15 bits per heavy atom. The van der Waals surface area contributed by atoms with Gasteiger partial charge in [0.1, 0.15) is 11.4 Å². The number of amides is 1. The van der Waals surface area contributed by atoms with Crippen molar-refractivity contribution in [1.82, 2.24) is 0 Å². The first-order valence-corrected chi connectivity index (χ1v) is 8.78. The zero-order chi connectivity index (χ0) is 19.8. The fourth-order valence-corrected chi connectivity index (χ4v) is 2.42. The van der Waals surface area contributed by atoms with Gasteiger partial charge in [-0.15, -0.1) is 0 Å². The summed E-state index contributed by atoms with van der Waals surface area (Å²) in [6.07, 6.45) is 0.666. The van der Waals surface area contributed by atoms with E-state index in [-0.39, 0.29) is 30.0 Å². The number of ether oxygens (including phenoxy) is 1. The van der Waals surface area contributed by atoms with Crippen LogP contribution < -0.4 is 10.1 Å². The maximum atomic E-state index is 12.1. The summed E-state index contributed by atoms with van der Waals surface area (Å²) in [5.41, 5.74) is 0.254. The molecule has 1 N–H and O–H groups in total. The Hall–Kier alpha value is -2.93. The van der Waals surface area contributed by atoms with Crippen LogP contribution in [-0.2, 0) is 4.79 Å². The van der Waals surface area contributed by atoms with Gasteiger partial charge in [0.15, 0.2) is 5.78 Å². The van der Waals surface area contributed by atoms with E-state index in [0.29, 0.717) is 22.9 Å². The molecule has 0 aliphatic heterocycles. The highest BCUT2D eigenvalue weighted by atomic mass is 35.5. The number of nitro groups is 1. The number of nitrogens with zero attached hydrogens (tertiary/aromatic N) is 1. The number of anilines is 1. The monoisotopic (exact) mass is 390 g/mol. The number of nitrogens with one attached hydrogen (secondary N) is 1. The standard InChI is InChI=1S/C19H19ClN2O5/c1-2-11-27-15-7-8-16(17(12-15)22(25)26)21-19(24)10-9-18(23)13-3-5-14(20)6-4-13/h3-8,12H,2,9-11H2,1H3,(H,21,24). The highest BCUT2D eigenvalue weighted by Crippen LogP contribution is 2.29. The molecule has 0 saturated heterocycles. The molecular formula is C19H19ClN2O5. The minimum Gasteiger partial charge on any atom is -0.493 e. The number of Topliss-reactive ketones (excluding diaryl/α,β-unsaturated/α-hetero) is 1. The zero-order valence-electron chi connectivity index (χ0n) is 14.7. The summed E-state index contributed by atoms with van der Waals surface area (Å²) >= 11 is 5.77. The lowest BCUT2D eigenvalue weighted by molar-refractivity contribution is -0.384. The van der Waals surface area contributed by atoms with E-state index in [1.165, 1.54) is 12.1 Å². The Bertz CT molecular complexity index is 836. The van der Waals surface area contributed by atoms with Crippen LogP contribution in [0.25, 0.3) is 0 Å². The van der Waals surface area contributed by atoms with Gasteiger partial charge in [-0.2, -0.15) is 0 Å². The zero-order valence-corrected chi connectivity index (χ0v) is 15.5. The first-order chi connectivity index (χ1) is 12.9. The Morgan fingerprint density at radius 2 is 1.85 bits per heavy atom. The quantitative estimate of drug-likeness (QED) is 0.382. The number of carbonyl (C=O) groups is 2. The summed E-state index contributed by atoms with van der Waals surface area (Å²) in [4.78, 5) is 34.8. The lowest BCUT2D eigenvalue weighted by Gasteiger charge is -2.09. The molecule has 0 atom stereocenters. The number of hydrogen-bond acceptors (Lipinski definition) is 5. The number of hydrogen-bond donors (Lipinski definition) is 1. The van der Waals surface area contributed by atoms with Gasteiger partial charge in [-0.1, -0.05) is 18.5 Å². The summed E-state index contributed by atoms with van der Waals surface area (Å²) in [5, 5.41) is 14.2. The minimum atomic E-state index is -0.590. The van der Waals surface area contributed by atoms with E-state index < -0.39 is 10.8 Å². The predicted octanol–water partition coefficient (Wildman–Crippen LogP) is 4.64. The number of benzene rings is 2. The van der Waals surface area contributed by atoms with Crippen LogP contribution in [0, 0.1) is 10.1 Å². The number of nitro benzene ring substituents is 1. The first kappa shape index (κ1) is 20.4. The highest BCUT2D eigenvalue weighted by Gasteiger charge is 2.18. The molecule has 0 aromatic heterocycles. The van der Waals surface area contributed by atoms with Crippen molar-refractivity contribution in [2.75, 3.05) is 11.9 Å². The molecule has 2 aromatic carbocycles. The highest BCUT2D eigenvalue weighted by molar-refractivity contribution is 6.30. The van der Waals surface area contributed by atoms with Gasteiger partial charge >= 0.3 is 0 Å². The average Bonchev–Trinajstić information content (AvgIpc) is 2.65. The van der Waals surface area contributed by atoms with Crippen LogP contribution in [0.5, 0.6) is 5.75 Å². The fraction of sp³-hybridized carbons (Fsp3) is 0.263. The second-order valence-corrected chi connectivity index (χ2v) is 6.20. The molecule has 0 aliphatic rings. The molecule has 0 spiro atoms. The maximum absolute atomic E-state index is 12.1. The topological polar surface area (TPSA) is 98.5 Å². The molecule has 142 valence electrons. The summed E-state index contributed by atoms with van der Waals surface area (Å²) < 4.78 is 5.37. The van der Waals surface area contributed by atoms with Crippen molar-refractivity contribution < 1.29 is 19.2 Å². The third-order valence-corrected chi connectivity index (χ3v) is 3.91. The van der Waals surface area contributed by atoms with Crippen LogP contribution in [0.2, 0.25) is 5.02 Å². The molecule has 2 aromatic rings. The van der Waals surface area contributed by atoms with Crippen molar-refractivity contribution in [2.24, 2.45) is 0 Å². The Labute approximate surface area is 161 Å². The van der Waals surface area contributed by atoms with Gasteiger partial charge in [-0.3, -0.25) is 19.7 Å². The van der Waals surface area contributed by atoms with Gasteiger partial charge < -0.3 is 10.1 Å². The molecule has 0 heterocycles. The van der Waals surface area contributed by atoms with Crippen molar-refractivity contribution in [3.05, 3.63) is 63.2 Å². The molecule has 0 aliphatic carbocycles. The molecule has 7 nitrogen and oxygen atoms in total. The molecule has 0 saturated carbocycles.